The van der Waals surface area contributed by atoms with Crippen LogP contribution in [0.5, 0.6) is 0 Å². The summed E-state index contributed by atoms with van der Waals surface area (Å²) in [4.78, 5) is 9.47. The lowest BCUT2D eigenvalue weighted by atomic mass is 10.6. The summed E-state index contributed by atoms with van der Waals surface area (Å²) in [6, 6.07) is 0. The van der Waals surface area contributed by atoms with Crippen LogP contribution in [-0.4, -0.2) is 26.0 Å². The van der Waals surface area contributed by atoms with Crippen LogP contribution in [0.25, 0.3) is 0 Å². The molecule has 6 nitrogen and oxygen atoms in total. The molecule has 0 aromatic rings. The lowest BCUT2D eigenvalue weighted by Crippen LogP contribution is -2.04. The topological polar surface area (TPSA) is 107 Å². The van der Waals surface area contributed by atoms with Crippen molar-refractivity contribution in [3.8, 4) is 0 Å². The Morgan fingerprint density at radius 1 is 1.73 bits per heavy atom. The van der Waals surface area contributed by atoms with E-state index >= 15 is 0 Å². The van der Waals surface area contributed by atoms with Gasteiger partial charge in [-0.2, -0.15) is 8.42 Å². The van der Waals surface area contributed by atoms with E-state index in [1.807, 2.05) is 0 Å². The SMILES string of the molecule is C=CC(N)=O.COS(=O)(=O)O. The molecule has 0 aliphatic heterocycles. The van der Waals surface area contributed by atoms with E-state index in [0.717, 1.165) is 13.2 Å². The highest BCUT2D eigenvalue weighted by Gasteiger charge is 1.93. The number of primary amides is 1. The fourth-order valence-electron chi connectivity index (χ4n) is 0. The average Bonchev–Trinajstić information content (AvgIpc) is 1.88. The van der Waals surface area contributed by atoms with Crippen molar-refractivity contribution in [2.24, 2.45) is 5.73 Å². The minimum absolute atomic E-state index is 0.481. The van der Waals surface area contributed by atoms with E-state index in [-0.39, 0.29) is 0 Å². The number of amides is 1. The Balaban J connectivity index is 0. The fraction of sp³-hybridized carbons (Fsp3) is 0.250. The summed E-state index contributed by atoms with van der Waals surface area (Å²) in [6.45, 7) is 3.09. The van der Waals surface area contributed by atoms with E-state index in [1.54, 1.807) is 0 Å². The molecular formula is C4H9NO5S. The maximum Gasteiger partial charge on any atom is 0.397 e. The van der Waals surface area contributed by atoms with Gasteiger partial charge in [0, 0.05) is 0 Å². The molecule has 0 unspecified atom stereocenters. The van der Waals surface area contributed by atoms with Crippen LogP contribution in [0, 0.1) is 0 Å². The molecule has 1 amide bonds. The highest BCUT2D eigenvalue weighted by molar-refractivity contribution is 7.80. The Morgan fingerprint density at radius 3 is 1.91 bits per heavy atom. The predicted molar refractivity (Wildman–Crippen MR) is 37.9 cm³/mol. The highest BCUT2D eigenvalue weighted by Crippen LogP contribution is 1.74. The van der Waals surface area contributed by atoms with E-state index in [9.17, 15) is 13.2 Å². The van der Waals surface area contributed by atoms with Crippen LogP contribution in [0.2, 0.25) is 0 Å². The summed E-state index contributed by atoms with van der Waals surface area (Å²) in [7, 11) is -3.29. The molecule has 0 radical (unpaired) electrons. The summed E-state index contributed by atoms with van der Waals surface area (Å²) in [5.74, 6) is -0.481. The average molecular weight is 183 g/mol. The van der Waals surface area contributed by atoms with Gasteiger partial charge in [0.2, 0.25) is 5.91 Å². The number of nitrogens with two attached hydrogens (primary N) is 1. The van der Waals surface area contributed by atoms with Crippen molar-refractivity contribution in [1.82, 2.24) is 0 Å². The predicted octanol–water partition coefficient (Wildman–Crippen LogP) is -0.907. The zero-order valence-corrected chi connectivity index (χ0v) is 6.67. The van der Waals surface area contributed by atoms with Gasteiger partial charge in [-0.05, 0) is 6.08 Å². The van der Waals surface area contributed by atoms with Crippen molar-refractivity contribution in [2.45, 2.75) is 0 Å². The first-order valence-corrected chi connectivity index (χ1v) is 3.65. The van der Waals surface area contributed by atoms with Gasteiger partial charge in [0.05, 0.1) is 7.11 Å². The minimum atomic E-state index is -4.16. The molecule has 0 saturated heterocycles. The quantitative estimate of drug-likeness (QED) is 0.426. The third-order valence-electron chi connectivity index (χ3n) is 0.412. The fourth-order valence-corrected chi connectivity index (χ4v) is 0. The lowest BCUT2D eigenvalue weighted by molar-refractivity contribution is -0.113. The molecule has 0 spiro atoms. The Bertz CT molecular complexity index is 219. The molecule has 0 atom stereocenters. The number of rotatable bonds is 2. The van der Waals surface area contributed by atoms with E-state index in [1.165, 1.54) is 0 Å². The van der Waals surface area contributed by atoms with Gasteiger partial charge >= 0.3 is 10.4 Å². The Kier molecular flexibility index (Phi) is 6.75. The van der Waals surface area contributed by atoms with Crippen LogP contribution in [-0.2, 0) is 19.4 Å². The van der Waals surface area contributed by atoms with Gasteiger partial charge in [0.15, 0.2) is 0 Å². The van der Waals surface area contributed by atoms with Gasteiger partial charge in [-0.15, -0.1) is 0 Å². The normalized spacial score (nSPS) is 9.27. The molecule has 0 fully saturated rings. The van der Waals surface area contributed by atoms with Gasteiger partial charge in [-0.25, -0.2) is 0 Å². The Labute approximate surface area is 64.6 Å². The second-order valence-corrected chi connectivity index (χ2v) is 2.39. The molecule has 7 heteroatoms. The summed E-state index contributed by atoms with van der Waals surface area (Å²) < 4.78 is 29.7. The summed E-state index contributed by atoms with van der Waals surface area (Å²) >= 11 is 0. The number of carbonyl (C=O) groups excluding carboxylic acids is 1. The second kappa shape index (κ2) is 5.83. The van der Waals surface area contributed by atoms with E-state index in [2.05, 4.69) is 16.5 Å². The molecule has 0 aromatic carbocycles. The third kappa shape index (κ3) is 27.3. The van der Waals surface area contributed by atoms with Gasteiger partial charge < -0.3 is 5.73 Å². The molecule has 0 heterocycles. The Morgan fingerprint density at radius 2 is 1.91 bits per heavy atom. The maximum absolute atomic E-state index is 9.47. The monoisotopic (exact) mass is 183 g/mol. The van der Waals surface area contributed by atoms with Crippen molar-refractivity contribution >= 4 is 16.3 Å². The molecule has 0 bridgehead atoms. The zero-order valence-electron chi connectivity index (χ0n) is 5.85. The Hall–Kier alpha value is -0.920. The molecule has 0 rings (SSSR count). The van der Waals surface area contributed by atoms with Crippen molar-refractivity contribution in [2.75, 3.05) is 7.11 Å². The van der Waals surface area contributed by atoms with E-state index in [4.69, 9.17) is 4.55 Å². The molecule has 0 aliphatic rings. The smallest absolute Gasteiger partial charge is 0.366 e. The standard InChI is InChI=1S/C3H5NO.CH4O4S/c1-2-3(4)5;1-5-6(2,3)4/h2H,1H2,(H2,4,5);1H3,(H,2,3,4). The van der Waals surface area contributed by atoms with Gasteiger partial charge in [0.25, 0.3) is 0 Å². The van der Waals surface area contributed by atoms with E-state index < -0.39 is 16.3 Å². The van der Waals surface area contributed by atoms with Crippen LogP contribution >= 0.6 is 0 Å². The molecule has 66 valence electrons. The van der Waals surface area contributed by atoms with Crippen LogP contribution in [0.4, 0.5) is 0 Å². The number of hydrogen-bond donors (Lipinski definition) is 2. The summed E-state index contributed by atoms with van der Waals surface area (Å²) in [5.41, 5.74) is 4.53. The third-order valence-corrected chi connectivity index (χ3v) is 0.833. The first-order valence-electron chi connectivity index (χ1n) is 2.28. The van der Waals surface area contributed by atoms with Crippen LogP contribution in [0.15, 0.2) is 12.7 Å². The van der Waals surface area contributed by atoms with Crippen molar-refractivity contribution < 1.29 is 21.9 Å². The molecule has 3 N–H and O–H groups in total. The largest absolute Gasteiger partial charge is 0.397 e. The van der Waals surface area contributed by atoms with Crippen molar-refractivity contribution in [3.63, 3.8) is 0 Å². The van der Waals surface area contributed by atoms with Gasteiger partial charge in [-0.1, -0.05) is 6.58 Å². The molecule has 0 aliphatic carbocycles. The number of hydrogen-bond acceptors (Lipinski definition) is 4. The molecule has 0 aromatic heterocycles. The van der Waals surface area contributed by atoms with Crippen LogP contribution < -0.4 is 5.73 Å². The van der Waals surface area contributed by atoms with Crippen molar-refractivity contribution in [3.05, 3.63) is 12.7 Å². The highest BCUT2D eigenvalue weighted by atomic mass is 32.3. The first-order chi connectivity index (χ1) is 4.83. The summed E-state index contributed by atoms with van der Waals surface area (Å²) in [5, 5.41) is 0. The van der Waals surface area contributed by atoms with Crippen molar-refractivity contribution in [1.29, 1.82) is 0 Å². The number of carbonyl (C=O) groups is 1. The first kappa shape index (κ1) is 12.7. The van der Waals surface area contributed by atoms with Gasteiger partial charge in [0.1, 0.15) is 0 Å². The summed E-state index contributed by atoms with van der Waals surface area (Å²) in [6.07, 6.45) is 1.06. The van der Waals surface area contributed by atoms with Crippen LogP contribution in [0.1, 0.15) is 0 Å². The van der Waals surface area contributed by atoms with Crippen LogP contribution in [0.3, 0.4) is 0 Å². The minimum Gasteiger partial charge on any atom is -0.366 e. The maximum atomic E-state index is 9.47. The lowest BCUT2D eigenvalue weighted by Gasteiger charge is -1.82. The van der Waals surface area contributed by atoms with Gasteiger partial charge in [-0.3, -0.25) is 13.5 Å². The van der Waals surface area contributed by atoms with E-state index in [0.29, 0.717) is 0 Å². The molecular weight excluding hydrogens is 174 g/mol. The zero-order chi connectivity index (χ0) is 9.49. The molecule has 0 saturated carbocycles. The second-order valence-electron chi connectivity index (χ2n) is 1.20. The molecule has 11 heavy (non-hydrogen) atoms.